The fraction of sp³-hybridized carbons (Fsp3) is 0.600. The zero-order valence-corrected chi connectivity index (χ0v) is 16.5. The first kappa shape index (κ1) is 19.9. The molecule has 0 bridgehead atoms. The van der Waals surface area contributed by atoms with Crippen molar-refractivity contribution in [1.29, 1.82) is 0 Å². The van der Waals surface area contributed by atoms with Crippen molar-refractivity contribution in [1.82, 2.24) is 10.2 Å². The predicted molar refractivity (Wildman–Crippen MR) is 104 cm³/mol. The van der Waals surface area contributed by atoms with E-state index in [-0.39, 0.29) is 17.7 Å². The van der Waals surface area contributed by atoms with Gasteiger partial charge in [-0.05, 0) is 49.8 Å². The third-order valence-electron chi connectivity index (χ3n) is 5.48. The van der Waals surface area contributed by atoms with E-state index in [0.717, 1.165) is 44.3 Å². The zero-order chi connectivity index (χ0) is 19.3. The summed E-state index contributed by atoms with van der Waals surface area (Å²) in [5.74, 6) is -0.855. The molecule has 0 unspecified atom stereocenters. The van der Waals surface area contributed by atoms with Gasteiger partial charge in [0.25, 0.3) is 5.91 Å². The van der Waals surface area contributed by atoms with Crippen LogP contribution in [0.1, 0.15) is 60.9 Å². The Hall–Kier alpha value is -1.89. The summed E-state index contributed by atoms with van der Waals surface area (Å²) in [6.07, 6.45) is 6.48. The molecule has 1 aliphatic carbocycles. The van der Waals surface area contributed by atoms with Gasteiger partial charge in [-0.1, -0.05) is 25.0 Å². The van der Waals surface area contributed by atoms with Crippen molar-refractivity contribution in [3.63, 3.8) is 0 Å². The second kappa shape index (κ2) is 8.87. The molecule has 148 valence electrons. The van der Waals surface area contributed by atoms with Crippen LogP contribution in [0.25, 0.3) is 0 Å². The third kappa shape index (κ3) is 5.31. The van der Waals surface area contributed by atoms with Gasteiger partial charge in [-0.3, -0.25) is 9.59 Å². The van der Waals surface area contributed by atoms with Gasteiger partial charge in [0.2, 0.25) is 5.91 Å². The SMILES string of the molecule is O=C(CS(=O)(=O)C1CCCC1)NCc1ccc(C(=O)N2CCCCC2)cc1. The molecule has 27 heavy (non-hydrogen) atoms. The summed E-state index contributed by atoms with van der Waals surface area (Å²) >= 11 is 0. The van der Waals surface area contributed by atoms with Crippen LogP contribution in [-0.4, -0.2) is 49.2 Å². The number of rotatable bonds is 6. The quantitative estimate of drug-likeness (QED) is 0.805. The van der Waals surface area contributed by atoms with Gasteiger partial charge >= 0.3 is 0 Å². The number of carbonyl (C=O) groups is 2. The summed E-state index contributed by atoms with van der Waals surface area (Å²) in [6.45, 7) is 1.88. The van der Waals surface area contributed by atoms with Crippen LogP contribution in [0.2, 0.25) is 0 Å². The summed E-state index contributed by atoms with van der Waals surface area (Å²) in [5.41, 5.74) is 1.49. The molecule has 1 aliphatic heterocycles. The molecule has 1 saturated heterocycles. The molecular weight excluding hydrogens is 364 g/mol. The number of amides is 2. The zero-order valence-electron chi connectivity index (χ0n) is 15.7. The Bertz CT molecular complexity index is 762. The maximum Gasteiger partial charge on any atom is 0.253 e. The highest BCUT2D eigenvalue weighted by Crippen LogP contribution is 2.25. The monoisotopic (exact) mass is 392 g/mol. The minimum atomic E-state index is -3.36. The van der Waals surface area contributed by atoms with E-state index >= 15 is 0 Å². The molecule has 0 atom stereocenters. The third-order valence-corrected chi connectivity index (χ3v) is 7.63. The van der Waals surface area contributed by atoms with Gasteiger partial charge < -0.3 is 10.2 Å². The molecule has 7 heteroatoms. The molecule has 1 N–H and O–H groups in total. The average Bonchev–Trinajstić information content (AvgIpc) is 3.22. The molecule has 2 aliphatic rings. The van der Waals surface area contributed by atoms with Crippen molar-refractivity contribution in [2.75, 3.05) is 18.8 Å². The maximum atomic E-state index is 12.4. The lowest BCUT2D eigenvalue weighted by Gasteiger charge is -2.26. The van der Waals surface area contributed by atoms with Gasteiger partial charge in [0, 0.05) is 25.2 Å². The standard InChI is InChI=1S/C20H28N2O4S/c23-19(15-27(25,26)18-6-2-3-7-18)21-14-16-8-10-17(11-9-16)20(24)22-12-4-1-5-13-22/h8-11,18H,1-7,12-15H2,(H,21,23). The topological polar surface area (TPSA) is 83.5 Å². The van der Waals surface area contributed by atoms with Crippen LogP contribution < -0.4 is 5.32 Å². The lowest BCUT2D eigenvalue weighted by Crippen LogP contribution is -2.35. The second-order valence-corrected chi connectivity index (χ2v) is 9.82. The van der Waals surface area contributed by atoms with Crippen molar-refractivity contribution in [3.05, 3.63) is 35.4 Å². The minimum Gasteiger partial charge on any atom is -0.351 e. The molecule has 6 nitrogen and oxygen atoms in total. The van der Waals surface area contributed by atoms with Gasteiger partial charge in [-0.2, -0.15) is 0 Å². The Morgan fingerprint density at radius 3 is 2.22 bits per heavy atom. The van der Waals surface area contributed by atoms with Gasteiger partial charge in [-0.25, -0.2) is 8.42 Å². The Morgan fingerprint density at radius 2 is 1.59 bits per heavy atom. The van der Waals surface area contributed by atoms with Crippen molar-refractivity contribution in [2.24, 2.45) is 0 Å². The summed E-state index contributed by atoms with van der Waals surface area (Å²) in [7, 11) is -3.36. The van der Waals surface area contributed by atoms with Crippen LogP contribution in [0.5, 0.6) is 0 Å². The summed E-state index contributed by atoms with van der Waals surface area (Å²) < 4.78 is 24.4. The van der Waals surface area contributed by atoms with E-state index in [1.54, 1.807) is 12.1 Å². The van der Waals surface area contributed by atoms with Crippen LogP contribution in [-0.2, 0) is 21.2 Å². The van der Waals surface area contributed by atoms with Crippen LogP contribution in [0.15, 0.2) is 24.3 Å². The van der Waals surface area contributed by atoms with Gasteiger partial charge in [-0.15, -0.1) is 0 Å². The molecule has 0 radical (unpaired) electrons. The number of hydrogen-bond donors (Lipinski definition) is 1. The maximum absolute atomic E-state index is 12.4. The molecule has 2 amide bonds. The highest BCUT2D eigenvalue weighted by atomic mass is 32.2. The van der Waals surface area contributed by atoms with Crippen LogP contribution in [0.4, 0.5) is 0 Å². The number of hydrogen-bond acceptors (Lipinski definition) is 4. The van der Waals surface area contributed by atoms with E-state index < -0.39 is 21.5 Å². The molecule has 1 aromatic carbocycles. The molecule has 0 aromatic heterocycles. The summed E-state index contributed by atoms with van der Waals surface area (Å²) in [4.78, 5) is 26.4. The van der Waals surface area contributed by atoms with E-state index in [1.807, 2.05) is 17.0 Å². The Kier molecular flexibility index (Phi) is 6.52. The van der Waals surface area contributed by atoms with Crippen LogP contribution in [0, 0.1) is 0 Å². The Balaban J connectivity index is 1.49. The van der Waals surface area contributed by atoms with Crippen molar-refractivity contribution in [3.8, 4) is 0 Å². The van der Waals surface area contributed by atoms with E-state index in [1.165, 1.54) is 6.42 Å². The largest absolute Gasteiger partial charge is 0.351 e. The van der Waals surface area contributed by atoms with E-state index in [0.29, 0.717) is 18.4 Å². The average molecular weight is 393 g/mol. The van der Waals surface area contributed by atoms with Crippen LogP contribution in [0.3, 0.4) is 0 Å². The lowest BCUT2D eigenvalue weighted by atomic mass is 10.1. The second-order valence-electron chi connectivity index (χ2n) is 7.54. The van der Waals surface area contributed by atoms with Gasteiger partial charge in [0.1, 0.15) is 5.75 Å². The van der Waals surface area contributed by atoms with Gasteiger partial charge in [0.05, 0.1) is 5.25 Å². The summed E-state index contributed by atoms with van der Waals surface area (Å²) in [6, 6.07) is 7.16. The molecule has 1 saturated carbocycles. The van der Waals surface area contributed by atoms with Gasteiger partial charge in [0.15, 0.2) is 9.84 Å². The minimum absolute atomic E-state index is 0.0490. The molecular formula is C20H28N2O4S. The Morgan fingerprint density at radius 1 is 0.963 bits per heavy atom. The number of sulfone groups is 1. The van der Waals surface area contributed by atoms with Crippen molar-refractivity contribution in [2.45, 2.75) is 56.7 Å². The molecule has 1 heterocycles. The summed E-state index contributed by atoms with van der Waals surface area (Å²) in [5, 5.41) is 2.32. The smallest absolute Gasteiger partial charge is 0.253 e. The predicted octanol–water partition coefficient (Wildman–Crippen LogP) is 2.29. The number of benzene rings is 1. The number of nitrogens with zero attached hydrogens (tertiary/aromatic N) is 1. The van der Waals surface area contributed by atoms with E-state index in [9.17, 15) is 18.0 Å². The van der Waals surface area contributed by atoms with E-state index in [4.69, 9.17) is 0 Å². The highest BCUT2D eigenvalue weighted by molar-refractivity contribution is 7.92. The van der Waals surface area contributed by atoms with Crippen LogP contribution >= 0.6 is 0 Å². The van der Waals surface area contributed by atoms with E-state index in [2.05, 4.69) is 5.32 Å². The molecule has 1 aromatic rings. The fourth-order valence-corrected chi connectivity index (χ4v) is 5.60. The Labute approximate surface area is 161 Å². The first-order chi connectivity index (χ1) is 13.0. The highest BCUT2D eigenvalue weighted by Gasteiger charge is 2.30. The first-order valence-corrected chi connectivity index (χ1v) is 11.5. The van der Waals surface area contributed by atoms with Crippen molar-refractivity contribution >= 4 is 21.7 Å². The number of carbonyl (C=O) groups excluding carboxylic acids is 2. The lowest BCUT2D eigenvalue weighted by molar-refractivity contribution is -0.118. The number of piperidine rings is 1. The van der Waals surface area contributed by atoms with Crippen molar-refractivity contribution < 1.29 is 18.0 Å². The number of nitrogens with one attached hydrogen (secondary N) is 1. The normalized spacial score (nSPS) is 18.4. The fourth-order valence-electron chi connectivity index (χ4n) is 3.84. The molecule has 0 spiro atoms. The number of likely N-dealkylation sites (tertiary alicyclic amines) is 1. The first-order valence-electron chi connectivity index (χ1n) is 9.82. The molecule has 2 fully saturated rings. The molecule has 3 rings (SSSR count).